The molecule has 0 aliphatic rings. The van der Waals surface area contributed by atoms with E-state index in [1.54, 1.807) is 24.3 Å². The molecule has 0 fully saturated rings. The summed E-state index contributed by atoms with van der Waals surface area (Å²) in [7, 11) is 0. The molecule has 0 unspecified atom stereocenters. The number of ketones is 1. The van der Waals surface area contributed by atoms with Gasteiger partial charge >= 0.3 is 6.18 Å². The van der Waals surface area contributed by atoms with Crippen LogP contribution in [0.25, 0.3) is 0 Å². The van der Waals surface area contributed by atoms with Gasteiger partial charge in [0.05, 0.1) is 0 Å². The lowest BCUT2D eigenvalue weighted by molar-refractivity contribution is -0.137. The molecule has 18 heavy (non-hydrogen) atoms. The SMILES string of the molecule is O=C(COCCCC(F)(F)F)c1ccc(Br)cc1. The van der Waals surface area contributed by atoms with Crippen molar-refractivity contribution >= 4 is 21.7 Å². The van der Waals surface area contributed by atoms with Gasteiger partial charge in [0.1, 0.15) is 6.61 Å². The summed E-state index contributed by atoms with van der Waals surface area (Å²) in [4.78, 5) is 11.6. The minimum Gasteiger partial charge on any atom is -0.373 e. The smallest absolute Gasteiger partial charge is 0.373 e. The largest absolute Gasteiger partial charge is 0.389 e. The van der Waals surface area contributed by atoms with Gasteiger partial charge in [-0.3, -0.25) is 4.79 Å². The van der Waals surface area contributed by atoms with Crippen LogP contribution in [-0.4, -0.2) is 25.2 Å². The lowest BCUT2D eigenvalue weighted by Crippen LogP contribution is -2.12. The summed E-state index contributed by atoms with van der Waals surface area (Å²) >= 11 is 3.24. The van der Waals surface area contributed by atoms with Crippen molar-refractivity contribution < 1.29 is 22.7 Å². The summed E-state index contributed by atoms with van der Waals surface area (Å²) in [6.07, 6.45) is -5.18. The standard InChI is InChI=1S/C12H12BrF3O2/c13-10-4-2-9(3-5-10)11(17)8-18-7-1-6-12(14,15)16/h2-5H,1,6-8H2. The normalized spacial score (nSPS) is 11.6. The van der Waals surface area contributed by atoms with Crippen molar-refractivity contribution in [3.8, 4) is 0 Å². The number of benzene rings is 1. The van der Waals surface area contributed by atoms with Crippen molar-refractivity contribution in [3.63, 3.8) is 0 Å². The van der Waals surface area contributed by atoms with Crippen molar-refractivity contribution in [1.82, 2.24) is 0 Å². The predicted octanol–water partition coefficient (Wildman–Crippen LogP) is 3.99. The third-order valence-corrected chi connectivity index (χ3v) is 2.68. The molecule has 1 aromatic carbocycles. The molecule has 0 amide bonds. The molecular weight excluding hydrogens is 313 g/mol. The van der Waals surface area contributed by atoms with E-state index in [2.05, 4.69) is 15.9 Å². The first-order valence-electron chi connectivity index (χ1n) is 5.32. The van der Waals surface area contributed by atoms with Crippen LogP contribution in [0.1, 0.15) is 23.2 Å². The van der Waals surface area contributed by atoms with Crippen molar-refractivity contribution in [2.75, 3.05) is 13.2 Å². The molecule has 0 radical (unpaired) electrons. The zero-order valence-electron chi connectivity index (χ0n) is 9.47. The summed E-state index contributed by atoms with van der Waals surface area (Å²) in [5.41, 5.74) is 0.481. The molecule has 0 saturated carbocycles. The van der Waals surface area contributed by atoms with Crippen molar-refractivity contribution in [2.45, 2.75) is 19.0 Å². The molecule has 0 aliphatic heterocycles. The van der Waals surface area contributed by atoms with E-state index in [0.717, 1.165) is 4.47 Å². The Morgan fingerprint density at radius 1 is 1.22 bits per heavy atom. The van der Waals surface area contributed by atoms with E-state index in [4.69, 9.17) is 4.74 Å². The van der Waals surface area contributed by atoms with E-state index in [1.807, 2.05) is 0 Å². The topological polar surface area (TPSA) is 26.3 Å². The Balaban J connectivity index is 2.24. The van der Waals surface area contributed by atoms with E-state index in [9.17, 15) is 18.0 Å². The summed E-state index contributed by atoms with van der Waals surface area (Å²) in [6.45, 7) is -0.263. The monoisotopic (exact) mass is 324 g/mol. The van der Waals surface area contributed by atoms with Crippen LogP contribution in [0.15, 0.2) is 28.7 Å². The van der Waals surface area contributed by atoms with Gasteiger partial charge in [0.2, 0.25) is 0 Å². The highest BCUT2D eigenvalue weighted by atomic mass is 79.9. The predicted molar refractivity (Wildman–Crippen MR) is 64.6 cm³/mol. The maximum atomic E-state index is 11.8. The van der Waals surface area contributed by atoms with Gasteiger partial charge < -0.3 is 4.74 Å². The molecule has 0 N–H and O–H groups in total. The molecule has 0 atom stereocenters. The summed E-state index contributed by atoms with van der Waals surface area (Å²) in [5.74, 6) is -0.241. The highest BCUT2D eigenvalue weighted by Crippen LogP contribution is 2.21. The number of Topliss-reactive ketones (excluding diaryl/α,β-unsaturated/α-hetero) is 1. The van der Waals surface area contributed by atoms with Gasteiger partial charge in [-0.15, -0.1) is 0 Å². The highest BCUT2D eigenvalue weighted by Gasteiger charge is 2.25. The van der Waals surface area contributed by atoms with Crippen LogP contribution in [-0.2, 0) is 4.74 Å². The summed E-state index contributed by atoms with van der Waals surface area (Å²) in [6, 6.07) is 6.70. The van der Waals surface area contributed by atoms with Crippen LogP contribution in [0.4, 0.5) is 13.2 Å². The van der Waals surface area contributed by atoms with Gasteiger partial charge in [-0.2, -0.15) is 13.2 Å². The lowest BCUT2D eigenvalue weighted by Gasteiger charge is -2.06. The average Bonchev–Trinajstić information content (AvgIpc) is 2.27. The molecule has 6 heteroatoms. The molecule has 0 heterocycles. The fourth-order valence-corrected chi connectivity index (χ4v) is 1.52. The zero-order chi connectivity index (χ0) is 13.6. The molecule has 0 spiro atoms. The molecular formula is C12H12BrF3O2. The Kier molecular flexibility index (Phi) is 5.81. The maximum absolute atomic E-state index is 11.8. The van der Waals surface area contributed by atoms with E-state index in [0.29, 0.717) is 5.56 Å². The third-order valence-electron chi connectivity index (χ3n) is 2.15. The highest BCUT2D eigenvalue weighted by molar-refractivity contribution is 9.10. The van der Waals surface area contributed by atoms with Crippen LogP contribution in [0.3, 0.4) is 0 Å². The maximum Gasteiger partial charge on any atom is 0.389 e. The molecule has 2 nitrogen and oxygen atoms in total. The minimum absolute atomic E-state index is 0.0677. The van der Waals surface area contributed by atoms with Gasteiger partial charge in [-0.25, -0.2) is 0 Å². The molecule has 1 aromatic rings. The Bertz CT molecular complexity index is 387. The van der Waals surface area contributed by atoms with Crippen LogP contribution in [0, 0.1) is 0 Å². The number of alkyl halides is 3. The quantitative estimate of drug-likeness (QED) is 0.584. The van der Waals surface area contributed by atoms with E-state index in [-0.39, 0.29) is 25.4 Å². The number of rotatable bonds is 6. The van der Waals surface area contributed by atoms with Crippen LogP contribution in [0.2, 0.25) is 0 Å². The minimum atomic E-state index is -4.17. The fraction of sp³-hybridized carbons (Fsp3) is 0.417. The Labute approximate surface area is 111 Å². The summed E-state index contributed by atoms with van der Waals surface area (Å²) < 4.78 is 41.2. The molecule has 100 valence electrons. The van der Waals surface area contributed by atoms with Gasteiger partial charge in [0, 0.05) is 23.1 Å². The van der Waals surface area contributed by atoms with Gasteiger partial charge in [0.25, 0.3) is 0 Å². The number of hydrogen-bond donors (Lipinski definition) is 0. The van der Waals surface area contributed by atoms with Crippen LogP contribution in [0.5, 0.6) is 0 Å². The number of hydrogen-bond acceptors (Lipinski definition) is 2. The van der Waals surface area contributed by atoms with Crippen molar-refractivity contribution in [2.24, 2.45) is 0 Å². The summed E-state index contributed by atoms with van der Waals surface area (Å²) in [5, 5.41) is 0. The first-order chi connectivity index (χ1) is 8.38. The molecule has 0 bridgehead atoms. The van der Waals surface area contributed by atoms with Crippen molar-refractivity contribution in [3.05, 3.63) is 34.3 Å². The van der Waals surface area contributed by atoms with Gasteiger partial charge in [-0.05, 0) is 18.6 Å². The molecule has 0 aliphatic carbocycles. The second-order valence-electron chi connectivity index (χ2n) is 3.70. The lowest BCUT2D eigenvalue weighted by atomic mass is 10.1. The van der Waals surface area contributed by atoms with Crippen molar-refractivity contribution in [1.29, 1.82) is 0 Å². The second-order valence-corrected chi connectivity index (χ2v) is 4.62. The second kappa shape index (κ2) is 6.89. The number of halogens is 4. The van der Waals surface area contributed by atoms with Gasteiger partial charge in [0.15, 0.2) is 5.78 Å². The average molecular weight is 325 g/mol. The Hall–Kier alpha value is -0.880. The van der Waals surface area contributed by atoms with E-state index < -0.39 is 12.6 Å². The fourth-order valence-electron chi connectivity index (χ4n) is 1.26. The Morgan fingerprint density at radius 2 is 1.83 bits per heavy atom. The molecule has 0 saturated heterocycles. The van der Waals surface area contributed by atoms with Crippen LogP contribution >= 0.6 is 15.9 Å². The zero-order valence-corrected chi connectivity index (χ0v) is 11.1. The van der Waals surface area contributed by atoms with Crippen LogP contribution < -0.4 is 0 Å². The number of carbonyl (C=O) groups is 1. The number of ether oxygens (including phenoxy) is 1. The Morgan fingerprint density at radius 3 is 2.39 bits per heavy atom. The first kappa shape index (κ1) is 15.2. The first-order valence-corrected chi connectivity index (χ1v) is 6.11. The molecule has 0 aromatic heterocycles. The van der Waals surface area contributed by atoms with E-state index >= 15 is 0 Å². The number of carbonyl (C=O) groups excluding carboxylic acids is 1. The van der Waals surface area contributed by atoms with Gasteiger partial charge in [-0.1, -0.05) is 28.1 Å². The molecule has 1 rings (SSSR count). The third kappa shape index (κ3) is 6.16. The van der Waals surface area contributed by atoms with E-state index in [1.165, 1.54) is 0 Å².